The number of nitrogens with one attached hydrogen (secondary N) is 1. The molecule has 2 aromatic carbocycles. The Hall–Kier alpha value is -2.57. The third kappa shape index (κ3) is 3.34. The Labute approximate surface area is 142 Å². The number of rotatable bonds is 4. The summed E-state index contributed by atoms with van der Waals surface area (Å²) in [6.45, 7) is 1.76. The zero-order valence-electron chi connectivity index (χ0n) is 12.9. The highest BCUT2D eigenvalue weighted by Gasteiger charge is 2.15. The third-order valence-corrected chi connectivity index (χ3v) is 4.45. The van der Waals surface area contributed by atoms with E-state index in [2.05, 4.69) is 10.3 Å². The van der Waals surface area contributed by atoms with Crippen LogP contribution in [0.2, 0.25) is 0 Å². The van der Waals surface area contributed by atoms with Crippen LogP contribution in [0.4, 0.5) is 10.1 Å². The number of thiazole rings is 1. The molecule has 0 radical (unpaired) electrons. The lowest BCUT2D eigenvalue weighted by molar-refractivity contribution is 0.102. The molecule has 0 saturated heterocycles. The van der Waals surface area contributed by atoms with Gasteiger partial charge in [0.1, 0.15) is 16.5 Å². The van der Waals surface area contributed by atoms with E-state index in [9.17, 15) is 14.3 Å². The molecule has 1 amide bonds. The summed E-state index contributed by atoms with van der Waals surface area (Å²) in [5, 5.41) is 14.0. The predicted molar refractivity (Wildman–Crippen MR) is 92.6 cm³/mol. The van der Waals surface area contributed by atoms with E-state index in [-0.39, 0.29) is 24.0 Å². The maximum Gasteiger partial charge on any atom is 0.275 e. The molecule has 6 heteroatoms. The van der Waals surface area contributed by atoms with E-state index in [0.717, 1.165) is 5.56 Å². The molecule has 1 heterocycles. The maximum absolute atomic E-state index is 13.8. The summed E-state index contributed by atoms with van der Waals surface area (Å²) in [5.74, 6) is -0.739. The van der Waals surface area contributed by atoms with Crippen molar-refractivity contribution in [1.29, 1.82) is 0 Å². The van der Waals surface area contributed by atoms with Gasteiger partial charge in [-0.2, -0.15) is 0 Å². The van der Waals surface area contributed by atoms with Gasteiger partial charge >= 0.3 is 0 Å². The number of aliphatic hydroxyl groups is 1. The van der Waals surface area contributed by atoms with Crippen LogP contribution in [0, 0.1) is 12.7 Å². The van der Waals surface area contributed by atoms with Crippen molar-refractivity contribution in [2.45, 2.75) is 13.5 Å². The summed E-state index contributed by atoms with van der Waals surface area (Å²) in [4.78, 5) is 16.6. The molecule has 0 unspecified atom stereocenters. The maximum atomic E-state index is 13.8. The molecule has 0 aliphatic rings. The second kappa shape index (κ2) is 6.90. The van der Waals surface area contributed by atoms with Crippen molar-refractivity contribution in [2.75, 3.05) is 5.32 Å². The fourth-order valence-electron chi connectivity index (χ4n) is 2.22. The average Bonchev–Trinajstić information content (AvgIpc) is 3.07. The molecule has 0 saturated carbocycles. The van der Waals surface area contributed by atoms with Gasteiger partial charge in [0.05, 0.1) is 6.61 Å². The molecule has 0 fully saturated rings. The minimum atomic E-state index is -0.370. The van der Waals surface area contributed by atoms with Crippen LogP contribution in [0.25, 0.3) is 10.6 Å². The zero-order valence-corrected chi connectivity index (χ0v) is 13.7. The minimum Gasteiger partial charge on any atom is -0.392 e. The number of carbonyl (C=O) groups excluding carboxylic acids is 1. The number of hydrogen-bond donors (Lipinski definition) is 2. The molecule has 0 spiro atoms. The SMILES string of the molecule is Cc1ccc(CO)cc1NC(=O)c1csc(-c2ccccc2F)n1. The molecule has 0 aliphatic heterocycles. The summed E-state index contributed by atoms with van der Waals surface area (Å²) < 4.78 is 13.8. The van der Waals surface area contributed by atoms with Crippen LogP contribution in [-0.2, 0) is 6.61 Å². The number of carbonyl (C=O) groups is 1. The van der Waals surface area contributed by atoms with Crippen LogP contribution in [0.5, 0.6) is 0 Å². The van der Waals surface area contributed by atoms with Crippen molar-refractivity contribution in [2.24, 2.45) is 0 Å². The van der Waals surface area contributed by atoms with E-state index < -0.39 is 0 Å². The van der Waals surface area contributed by atoms with Gasteiger partial charge < -0.3 is 10.4 Å². The molecule has 122 valence electrons. The van der Waals surface area contributed by atoms with Crippen LogP contribution in [-0.4, -0.2) is 16.0 Å². The summed E-state index contributed by atoms with van der Waals surface area (Å²) in [6.07, 6.45) is 0. The van der Waals surface area contributed by atoms with Crippen LogP contribution < -0.4 is 5.32 Å². The Morgan fingerprint density at radius 1 is 1.29 bits per heavy atom. The Balaban J connectivity index is 1.83. The number of anilines is 1. The Bertz CT molecular complexity index is 892. The molecular formula is C18H15FN2O2S. The van der Waals surface area contributed by atoms with E-state index in [1.54, 1.807) is 35.7 Å². The van der Waals surface area contributed by atoms with Gasteiger partial charge in [-0.3, -0.25) is 4.79 Å². The highest BCUT2D eigenvalue weighted by Crippen LogP contribution is 2.26. The second-order valence-corrected chi connectivity index (χ2v) is 6.14. The minimum absolute atomic E-state index is 0.0999. The predicted octanol–water partition coefficient (Wildman–Crippen LogP) is 4.00. The number of amides is 1. The standard InChI is InChI=1S/C18H15FN2O2S/c1-11-6-7-12(9-22)8-15(11)20-17(23)16-10-24-18(21-16)13-4-2-3-5-14(13)19/h2-8,10,22H,9H2,1H3,(H,20,23). The number of benzene rings is 2. The van der Waals surface area contributed by atoms with Gasteiger partial charge in [-0.15, -0.1) is 11.3 Å². The first-order valence-corrected chi connectivity index (χ1v) is 8.18. The third-order valence-electron chi connectivity index (χ3n) is 3.57. The van der Waals surface area contributed by atoms with Crippen molar-refractivity contribution >= 4 is 22.9 Å². The molecule has 24 heavy (non-hydrogen) atoms. The summed E-state index contributed by atoms with van der Waals surface area (Å²) >= 11 is 1.22. The fourth-order valence-corrected chi connectivity index (χ4v) is 3.05. The molecule has 4 nitrogen and oxygen atoms in total. The first kappa shape index (κ1) is 16.3. The van der Waals surface area contributed by atoms with Crippen molar-refractivity contribution in [1.82, 2.24) is 4.98 Å². The Kier molecular flexibility index (Phi) is 4.69. The van der Waals surface area contributed by atoms with Crippen LogP contribution in [0.15, 0.2) is 47.8 Å². The monoisotopic (exact) mass is 342 g/mol. The number of aryl methyl sites for hydroxylation is 1. The highest BCUT2D eigenvalue weighted by atomic mass is 32.1. The lowest BCUT2D eigenvalue weighted by atomic mass is 10.1. The van der Waals surface area contributed by atoms with E-state index >= 15 is 0 Å². The van der Waals surface area contributed by atoms with E-state index in [1.165, 1.54) is 17.4 Å². The van der Waals surface area contributed by atoms with Gasteiger partial charge in [0.15, 0.2) is 0 Å². The number of aliphatic hydroxyl groups excluding tert-OH is 1. The molecule has 1 aromatic heterocycles. The molecule has 0 aliphatic carbocycles. The van der Waals surface area contributed by atoms with Crippen molar-refractivity contribution in [3.63, 3.8) is 0 Å². The molecule has 2 N–H and O–H groups in total. The number of hydrogen-bond acceptors (Lipinski definition) is 4. The van der Waals surface area contributed by atoms with Gasteiger partial charge in [-0.05, 0) is 36.2 Å². The van der Waals surface area contributed by atoms with Gasteiger partial charge in [-0.25, -0.2) is 9.37 Å². The van der Waals surface area contributed by atoms with Gasteiger partial charge in [0.25, 0.3) is 5.91 Å². The Morgan fingerprint density at radius 2 is 2.08 bits per heavy atom. The smallest absolute Gasteiger partial charge is 0.275 e. The van der Waals surface area contributed by atoms with Crippen molar-refractivity contribution in [3.05, 3.63) is 70.5 Å². The second-order valence-electron chi connectivity index (χ2n) is 5.28. The average molecular weight is 342 g/mol. The molecular weight excluding hydrogens is 327 g/mol. The quantitative estimate of drug-likeness (QED) is 0.753. The van der Waals surface area contributed by atoms with E-state index in [1.807, 2.05) is 13.0 Å². The number of aromatic nitrogens is 1. The lowest BCUT2D eigenvalue weighted by Crippen LogP contribution is -2.13. The highest BCUT2D eigenvalue weighted by molar-refractivity contribution is 7.13. The fraction of sp³-hybridized carbons (Fsp3) is 0.111. The van der Waals surface area contributed by atoms with Crippen LogP contribution >= 0.6 is 11.3 Å². The molecule has 3 rings (SSSR count). The summed E-state index contributed by atoms with van der Waals surface area (Å²) in [5.41, 5.74) is 2.81. The van der Waals surface area contributed by atoms with Gasteiger partial charge in [0.2, 0.25) is 0 Å². The zero-order chi connectivity index (χ0) is 17.1. The Morgan fingerprint density at radius 3 is 2.83 bits per heavy atom. The normalized spacial score (nSPS) is 10.6. The van der Waals surface area contributed by atoms with E-state index in [0.29, 0.717) is 21.8 Å². The van der Waals surface area contributed by atoms with Crippen molar-refractivity contribution < 1.29 is 14.3 Å². The van der Waals surface area contributed by atoms with Crippen LogP contribution in [0.3, 0.4) is 0 Å². The number of halogens is 1. The van der Waals surface area contributed by atoms with Crippen LogP contribution in [0.1, 0.15) is 21.6 Å². The molecule has 0 bridgehead atoms. The van der Waals surface area contributed by atoms with E-state index in [4.69, 9.17) is 0 Å². The summed E-state index contributed by atoms with van der Waals surface area (Å²) in [7, 11) is 0. The molecule has 3 aromatic rings. The van der Waals surface area contributed by atoms with Gasteiger partial charge in [-0.1, -0.05) is 24.3 Å². The molecule has 0 atom stereocenters. The lowest BCUT2D eigenvalue weighted by Gasteiger charge is -2.08. The first-order valence-electron chi connectivity index (χ1n) is 7.30. The van der Waals surface area contributed by atoms with Gasteiger partial charge in [0, 0.05) is 16.6 Å². The first-order chi connectivity index (χ1) is 11.6. The number of nitrogens with zero attached hydrogens (tertiary/aromatic N) is 1. The van der Waals surface area contributed by atoms with Crippen molar-refractivity contribution in [3.8, 4) is 10.6 Å². The topological polar surface area (TPSA) is 62.2 Å². The largest absolute Gasteiger partial charge is 0.392 e. The summed E-state index contributed by atoms with van der Waals surface area (Å²) in [6, 6.07) is 11.7.